The molecule has 0 heterocycles. The van der Waals surface area contributed by atoms with E-state index in [4.69, 9.17) is 14.2 Å². The predicted octanol–water partition coefficient (Wildman–Crippen LogP) is 7.12. The zero-order chi connectivity index (χ0) is 28.7. The van der Waals surface area contributed by atoms with Gasteiger partial charge in [0, 0.05) is 11.8 Å². The molecule has 0 aliphatic heterocycles. The molecule has 39 heavy (non-hydrogen) atoms. The highest BCUT2D eigenvalue weighted by Crippen LogP contribution is 2.44. The summed E-state index contributed by atoms with van der Waals surface area (Å²) in [6.45, 7) is 1.79. The fourth-order valence-electron chi connectivity index (χ4n) is 3.25. The average Bonchev–Trinajstić information content (AvgIpc) is 2.89. The molecular formula is C26H19BrF3N3O6. The van der Waals surface area contributed by atoms with Crippen molar-refractivity contribution in [3.63, 3.8) is 0 Å². The van der Waals surface area contributed by atoms with Crippen LogP contribution in [0.15, 0.2) is 64.6 Å². The van der Waals surface area contributed by atoms with Crippen molar-refractivity contribution in [1.29, 1.82) is 5.26 Å². The Kier molecular flexibility index (Phi) is 9.16. The molecule has 3 aromatic carbocycles. The molecule has 202 valence electrons. The summed E-state index contributed by atoms with van der Waals surface area (Å²) >= 11 is 3.27. The monoisotopic (exact) mass is 605 g/mol. The Hall–Kier alpha value is -4.57. The number of amides is 1. The van der Waals surface area contributed by atoms with E-state index in [0.29, 0.717) is 29.1 Å². The van der Waals surface area contributed by atoms with Crippen LogP contribution in [0.3, 0.4) is 0 Å². The molecule has 0 atom stereocenters. The fraction of sp³-hybridized carbons (Fsp3) is 0.154. The van der Waals surface area contributed by atoms with Gasteiger partial charge in [0.1, 0.15) is 17.4 Å². The van der Waals surface area contributed by atoms with Crippen molar-refractivity contribution < 1.29 is 37.1 Å². The number of rotatable bonds is 9. The van der Waals surface area contributed by atoms with Gasteiger partial charge >= 0.3 is 11.9 Å². The van der Waals surface area contributed by atoms with Gasteiger partial charge in [0.2, 0.25) is 5.75 Å². The SMILES string of the molecule is CCOc1cc(/C=C(\C#N)C(=O)Nc2ccc(OC)cc2)cc(Br)c1Oc1ccc(C(F)(F)F)cc1[N+](=O)[O-]. The number of nitriles is 1. The van der Waals surface area contributed by atoms with Gasteiger partial charge in [-0.2, -0.15) is 18.4 Å². The lowest BCUT2D eigenvalue weighted by molar-refractivity contribution is -0.385. The summed E-state index contributed by atoms with van der Waals surface area (Å²) in [7, 11) is 1.50. The second-order valence-corrected chi connectivity index (χ2v) is 8.51. The van der Waals surface area contributed by atoms with E-state index in [-0.39, 0.29) is 28.2 Å². The number of anilines is 1. The first-order valence-corrected chi connectivity index (χ1v) is 11.8. The Labute approximate surface area is 228 Å². The standard InChI is InChI=1S/C26H19BrF3N3O6/c1-3-38-23-12-15(10-16(14-31)25(34)32-18-5-7-19(37-2)8-6-18)11-20(27)24(23)39-22-9-4-17(26(28,29)30)13-21(22)33(35)36/h4-13H,3H2,1-2H3,(H,32,34)/b16-10+. The highest BCUT2D eigenvalue weighted by atomic mass is 79.9. The number of halogens is 4. The quantitative estimate of drug-likeness (QED) is 0.119. The Morgan fingerprint density at radius 2 is 1.85 bits per heavy atom. The molecule has 0 aliphatic rings. The number of ether oxygens (including phenoxy) is 3. The molecule has 0 spiro atoms. The van der Waals surface area contributed by atoms with Gasteiger partial charge in [0.25, 0.3) is 5.91 Å². The molecule has 0 unspecified atom stereocenters. The van der Waals surface area contributed by atoms with Crippen LogP contribution >= 0.6 is 15.9 Å². The van der Waals surface area contributed by atoms with E-state index in [9.17, 15) is 33.3 Å². The molecule has 1 amide bonds. The zero-order valence-electron chi connectivity index (χ0n) is 20.3. The van der Waals surface area contributed by atoms with Crippen LogP contribution in [0.2, 0.25) is 0 Å². The van der Waals surface area contributed by atoms with E-state index in [1.807, 2.05) is 6.07 Å². The fourth-order valence-corrected chi connectivity index (χ4v) is 3.79. The second kappa shape index (κ2) is 12.3. The summed E-state index contributed by atoms with van der Waals surface area (Å²) in [6.07, 6.45) is -3.50. The Morgan fingerprint density at radius 3 is 2.41 bits per heavy atom. The summed E-state index contributed by atoms with van der Waals surface area (Å²) in [5, 5.41) is 23.6. The largest absolute Gasteiger partial charge is 0.497 e. The number of hydrogen-bond acceptors (Lipinski definition) is 7. The van der Waals surface area contributed by atoms with E-state index >= 15 is 0 Å². The van der Waals surface area contributed by atoms with Gasteiger partial charge in [0.05, 0.1) is 28.7 Å². The number of benzene rings is 3. The summed E-state index contributed by atoms with van der Waals surface area (Å²) in [6, 6.07) is 13.0. The minimum Gasteiger partial charge on any atom is -0.497 e. The molecule has 0 saturated carbocycles. The zero-order valence-corrected chi connectivity index (χ0v) is 21.9. The van der Waals surface area contributed by atoms with Crippen molar-refractivity contribution in [3.05, 3.63) is 85.9 Å². The number of hydrogen-bond donors (Lipinski definition) is 1. The third kappa shape index (κ3) is 7.26. The van der Waals surface area contributed by atoms with Crippen molar-refractivity contribution >= 4 is 39.3 Å². The lowest BCUT2D eigenvalue weighted by Gasteiger charge is -2.15. The first-order chi connectivity index (χ1) is 18.5. The highest BCUT2D eigenvalue weighted by molar-refractivity contribution is 9.10. The summed E-state index contributed by atoms with van der Waals surface area (Å²) in [5.41, 5.74) is -1.58. The maximum Gasteiger partial charge on any atom is 0.416 e. The van der Waals surface area contributed by atoms with Gasteiger partial charge in [-0.05, 0) is 83.0 Å². The van der Waals surface area contributed by atoms with Crippen LogP contribution in [-0.2, 0) is 11.0 Å². The predicted molar refractivity (Wildman–Crippen MR) is 139 cm³/mol. The van der Waals surface area contributed by atoms with E-state index in [0.717, 1.165) is 6.07 Å². The lowest BCUT2D eigenvalue weighted by atomic mass is 10.1. The molecule has 0 aliphatic carbocycles. The highest BCUT2D eigenvalue weighted by Gasteiger charge is 2.33. The molecule has 3 rings (SSSR count). The Balaban J connectivity index is 1.96. The number of carbonyl (C=O) groups excluding carboxylic acids is 1. The summed E-state index contributed by atoms with van der Waals surface area (Å²) < 4.78 is 55.6. The lowest BCUT2D eigenvalue weighted by Crippen LogP contribution is -2.13. The van der Waals surface area contributed by atoms with Crippen LogP contribution in [0.1, 0.15) is 18.1 Å². The van der Waals surface area contributed by atoms with Crippen LogP contribution in [0.4, 0.5) is 24.5 Å². The number of nitro benzene ring substituents is 1. The molecule has 1 N–H and O–H groups in total. The van der Waals surface area contributed by atoms with Gasteiger partial charge in [-0.3, -0.25) is 14.9 Å². The molecule has 9 nitrogen and oxygen atoms in total. The first-order valence-electron chi connectivity index (χ1n) is 11.0. The number of carbonyl (C=O) groups is 1. The van der Waals surface area contributed by atoms with Gasteiger partial charge < -0.3 is 19.5 Å². The topological polar surface area (TPSA) is 124 Å². The van der Waals surface area contributed by atoms with Crippen LogP contribution in [0.5, 0.6) is 23.0 Å². The Morgan fingerprint density at radius 1 is 1.15 bits per heavy atom. The number of methoxy groups -OCH3 is 1. The van der Waals surface area contributed by atoms with Crippen molar-refractivity contribution in [2.45, 2.75) is 13.1 Å². The number of alkyl halides is 3. The van der Waals surface area contributed by atoms with Crippen molar-refractivity contribution in [2.24, 2.45) is 0 Å². The summed E-state index contributed by atoms with van der Waals surface area (Å²) in [4.78, 5) is 23.1. The van der Waals surface area contributed by atoms with Gasteiger partial charge in [-0.1, -0.05) is 0 Å². The van der Waals surface area contributed by atoms with Crippen molar-refractivity contribution in [2.75, 3.05) is 19.0 Å². The summed E-state index contributed by atoms with van der Waals surface area (Å²) in [5.74, 6) is -0.550. The van der Waals surface area contributed by atoms with Crippen LogP contribution in [0, 0.1) is 21.4 Å². The molecular weight excluding hydrogens is 587 g/mol. The van der Waals surface area contributed by atoms with Crippen molar-refractivity contribution in [1.82, 2.24) is 0 Å². The van der Waals surface area contributed by atoms with Gasteiger partial charge in [-0.25, -0.2) is 0 Å². The molecule has 0 saturated heterocycles. The number of nitrogens with one attached hydrogen (secondary N) is 1. The molecule has 0 bridgehead atoms. The molecule has 3 aromatic rings. The molecule has 0 aromatic heterocycles. The number of nitrogens with zero attached hydrogens (tertiary/aromatic N) is 2. The van der Waals surface area contributed by atoms with E-state index in [1.54, 1.807) is 31.2 Å². The van der Waals surface area contributed by atoms with E-state index < -0.39 is 34.0 Å². The van der Waals surface area contributed by atoms with Crippen LogP contribution < -0.4 is 19.5 Å². The van der Waals surface area contributed by atoms with E-state index in [1.165, 1.54) is 25.3 Å². The molecule has 0 radical (unpaired) electrons. The maximum atomic E-state index is 13.1. The van der Waals surface area contributed by atoms with Crippen LogP contribution in [0.25, 0.3) is 6.08 Å². The smallest absolute Gasteiger partial charge is 0.416 e. The Bertz CT molecular complexity index is 1470. The van der Waals surface area contributed by atoms with Crippen molar-refractivity contribution in [3.8, 4) is 29.1 Å². The third-order valence-electron chi connectivity index (χ3n) is 5.05. The van der Waals surface area contributed by atoms with Gasteiger partial charge in [0.15, 0.2) is 11.5 Å². The average molecular weight is 606 g/mol. The first kappa shape index (κ1) is 29.0. The molecule has 13 heteroatoms. The third-order valence-corrected chi connectivity index (χ3v) is 5.64. The van der Waals surface area contributed by atoms with Gasteiger partial charge in [-0.15, -0.1) is 0 Å². The maximum absolute atomic E-state index is 13.1. The van der Waals surface area contributed by atoms with E-state index in [2.05, 4.69) is 21.2 Å². The van der Waals surface area contributed by atoms with Crippen LogP contribution in [-0.4, -0.2) is 24.5 Å². The minimum atomic E-state index is -4.79. The number of nitro groups is 1. The molecule has 0 fully saturated rings. The minimum absolute atomic E-state index is 0.0557. The normalized spacial score (nSPS) is 11.4. The second-order valence-electron chi connectivity index (χ2n) is 7.65.